The average Bonchev–Trinajstić information content (AvgIpc) is 2.19. The number of amides is 1. The second kappa shape index (κ2) is 7.59. The summed E-state index contributed by atoms with van der Waals surface area (Å²) in [6, 6.07) is -0.933. The van der Waals surface area contributed by atoms with Crippen LogP contribution < -0.4 is 5.32 Å². The molecule has 0 heterocycles. The highest BCUT2D eigenvalue weighted by Crippen LogP contribution is 2.08. The van der Waals surface area contributed by atoms with Gasteiger partial charge in [-0.05, 0) is 40.0 Å². The van der Waals surface area contributed by atoms with Crippen LogP contribution in [0.2, 0.25) is 0 Å². The minimum Gasteiger partial charge on any atom is -0.480 e. The molecule has 102 valence electrons. The Morgan fingerprint density at radius 1 is 1.39 bits per heavy atom. The van der Waals surface area contributed by atoms with E-state index >= 15 is 0 Å². The third-order valence-corrected chi connectivity index (χ3v) is 2.05. The van der Waals surface area contributed by atoms with Gasteiger partial charge in [-0.15, -0.1) is 12.3 Å². The lowest BCUT2D eigenvalue weighted by molar-refractivity contribution is -0.139. The van der Waals surface area contributed by atoms with Crippen LogP contribution in [0.5, 0.6) is 0 Å². The number of ether oxygens (including phenoxy) is 1. The number of hydrogen-bond donors (Lipinski definition) is 2. The summed E-state index contributed by atoms with van der Waals surface area (Å²) in [4.78, 5) is 22.4. The van der Waals surface area contributed by atoms with Gasteiger partial charge in [0.25, 0.3) is 0 Å². The first-order valence-electron chi connectivity index (χ1n) is 5.92. The van der Waals surface area contributed by atoms with Gasteiger partial charge >= 0.3 is 12.1 Å². The van der Waals surface area contributed by atoms with E-state index in [1.54, 1.807) is 20.8 Å². The predicted molar refractivity (Wildman–Crippen MR) is 68.1 cm³/mol. The molecule has 0 aromatic rings. The number of carboxylic acid groups (broad SMARTS) is 1. The van der Waals surface area contributed by atoms with Crippen LogP contribution in [-0.2, 0) is 9.53 Å². The van der Waals surface area contributed by atoms with Crippen molar-refractivity contribution in [2.75, 3.05) is 0 Å². The Labute approximate surface area is 108 Å². The van der Waals surface area contributed by atoms with Crippen molar-refractivity contribution in [3.05, 3.63) is 0 Å². The molecule has 0 aliphatic rings. The van der Waals surface area contributed by atoms with E-state index in [1.165, 1.54) is 0 Å². The van der Waals surface area contributed by atoms with Crippen LogP contribution >= 0.6 is 0 Å². The van der Waals surface area contributed by atoms with Crippen molar-refractivity contribution in [2.45, 2.75) is 58.1 Å². The summed E-state index contributed by atoms with van der Waals surface area (Å²) in [7, 11) is 0. The van der Waals surface area contributed by atoms with Crippen molar-refractivity contribution >= 4 is 12.1 Å². The molecule has 5 nitrogen and oxygen atoms in total. The molecule has 0 aromatic heterocycles. The number of nitrogens with one attached hydrogen (secondary N) is 1. The molecule has 0 saturated carbocycles. The van der Waals surface area contributed by atoms with Crippen LogP contribution in [0.15, 0.2) is 0 Å². The second-order valence-electron chi connectivity index (χ2n) is 4.99. The number of carbonyl (C=O) groups excluding carboxylic acids is 1. The van der Waals surface area contributed by atoms with E-state index in [0.29, 0.717) is 19.3 Å². The second-order valence-corrected chi connectivity index (χ2v) is 4.99. The highest BCUT2D eigenvalue weighted by Gasteiger charge is 2.23. The van der Waals surface area contributed by atoms with Crippen LogP contribution in [0.3, 0.4) is 0 Å². The summed E-state index contributed by atoms with van der Waals surface area (Å²) >= 11 is 0. The topological polar surface area (TPSA) is 75.6 Å². The van der Waals surface area contributed by atoms with Crippen molar-refractivity contribution in [3.63, 3.8) is 0 Å². The molecule has 5 heteroatoms. The van der Waals surface area contributed by atoms with Crippen LogP contribution in [0.4, 0.5) is 4.79 Å². The maximum Gasteiger partial charge on any atom is 0.408 e. The molecule has 0 aromatic carbocycles. The lowest BCUT2D eigenvalue weighted by Gasteiger charge is -2.21. The standard InChI is InChI=1S/C13H21NO4/c1-5-6-7-8-9-10(11(15)16)14-12(17)18-13(2,3)4/h1,10H,6-9H2,2-4H3,(H,14,17)(H,15,16). The van der Waals surface area contributed by atoms with Crippen molar-refractivity contribution in [1.29, 1.82) is 0 Å². The quantitative estimate of drug-likeness (QED) is 0.563. The van der Waals surface area contributed by atoms with E-state index < -0.39 is 23.7 Å². The number of carboxylic acids is 1. The van der Waals surface area contributed by atoms with Gasteiger partial charge in [-0.1, -0.05) is 0 Å². The maximum absolute atomic E-state index is 11.4. The zero-order valence-corrected chi connectivity index (χ0v) is 11.2. The van der Waals surface area contributed by atoms with Gasteiger partial charge in [-0.25, -0.2) is 9.59 Å². The Morgan fingerprint density at radius 3 is 2.44 bits per heavy atom. The van der Waals surface area contributed by atoms with Crippen molar-refractivity contribution in [3.8, 4) is 12.3 Å². The Morgan fingerprint density at radius 2 is 2.00 bits per heavy atom. The van der Waals surface area contributed by atoms with Crippen LogP contribution in [0, 0.1) is 12.3 Å². The number of aliphatic carboxylic acids is 1. The molecule has 0 bridgehead atoms. The molecular formula is C13H21NO4. The molecule has 1 unspecified atom stereocenters. The summed E-state index contributed by atoms with van der Waals surface area (Å²) in [5.74, 6) is 1.42. The third-order valence-electron chi connectivity index (χ3n) is 2.05. The number of rotatable bonds is 6. The first-order chi connectivity index (χ1) is 8.26. The molecule has 0 fully saturated rings. The van der Waals surface area contributed by atoms with Gasteiger partial charge in [0.05, 0.1) is 0 Å². The molecule has 0 rings (SSSR count). The van der Waals surface area contributed by atoms with Gasteiger partial charge in [0, 0.05) is 6.42 Å². The molecule has 0 radical (unpaired) electrons. The van der Waals surface area contributed by atoms with E-state index in [2.05, 4.69) is 11.2 Å². The predicted octanol–water partition coefficient (Wildman–Crippen LogP) is 2.16. The molecule has 1 amide bonds. The van der Waals surface area contributed by atoms with Gasteiger partial charge in [-0.2, -0.15) is 0 Å². The lowest BCUT2D eigenvalue weighted by Crippen LogP contribution is -2.43. The summed E-state index contributed by atoms with van der Waals surface area (Å²) in [5.41, 5.74) is -0.642. The van der Waals surface area contributed by atoms with Crippen molar-refractivity contribution < 1.29 is 19.4 Å². The molecule has 0 aliphatic carbocycles. The van der Waals surface area contributed by atoms with E-state index in [-0.39, 0.29) is 0 Å². The van der Waals surface area contributed by atoms with Gasteiger partial charge in [-0.3, -0.25) is 0 Å². The van der Waals surface area contributed by atoms with E-state index in [0.717, 1.165) is 6.42 Å². The minimum absolute atomic E-state index is 0.344. The monoisotopic (exact) mass is 255 g/mol. The Balaban J connectivity index is 4.16. The normalized spacial score (nSPS) is 12.3. The first-order valence-corrected chi connectivity index (χ1v) is 5.92. The fraction of sp³-hybridized carbons (Fsp3) is 0.692. The molecule has 1 atom stereocenters. The van der Waals surface area contributed by atoms with E-state index in [9.17, 15) is 9.59 Å². The summed E-state index contributed by atoms with van der Waals surface area (Å²) in [6.45, 7) is 5.15. The van der Waals surface area contributed by atoms with Crippen LogP contribution in [0.25, 0.3) is 0 Å². The molecular weight excluding hydrogens is 234 g/mol. The Kier molecular flexibility index (Phi) is 6.88. The molecule has 0 saturated heterocycles. The van der Waals surface area contributed by atoms with Crippen molar-refractivity contribution in [2.24, 2.45) is 0 Å². The zero-order chi connectivity index (χ0) is 14.2. The molecule has 2 N–H and O–H groups in total. The van der Waals surface area contributed by atoms with E-state index in [4.69, 9.17) is 16.3 Å². The summed E-state index contributed by atoms with van der Waals surface area (Å²) < 4.78 is 5.00. The van der Waals surface area contributed by atoms with Crippen LogP contribution in [-0.4, -0.2) is 28.8 Å². The third kappa shape index (κ3) is 8.45. The zero-order valence-electron chi connectivity index (χ0n) is 11.2. The van der Waals surface area contributed by atoms with Gasteiger partial charge in [0.15, 0.2) is 0 Å². The maximum atomic E-state index is 11.4. The Hall–Kier alpha value is -1.70. The fourth-order valence-corrected chi connectivity index (χ4v) is 1.28. The molecule has 0 spiro atoms. The van der Waals surface area contributed by atoms with Gasteiger partial charge in [0.2, 0.25) is 0 Å². The van der Waals surface area contributed by atoms with Gasteiger partial charge in [0.1, 0.15) is 11.6 Å². The average molecular weight is 255 g/mol. The van der Waals surface area contributed by atoms with Crippen molar-refractivity contribution in [1.82, 2.24) is 5.32 Å². The first kappa shape index (κ1) is 16.3. The summed E-state index contributed by atoms with van der Waals surface area (Å²) in [5, 5.41) is 11.3. The molecule has 0 aliphatic heterocycles. The largest absolute Gasteiger partial charge is 0.480 e. The van der Waals surface area contributed by atoms with Gasteiger partial charge < -0.3 is 15.2 Å². The van der Waals surface area contributed by atoms with E-state index in [1.807, 2.05) is 0 Å². The summed E-state index contributed by atoms with van der Waals surface area (Å²) in [6.07, 6.45) is 6.73. The smallest absolute Gasteiger partial charge is 0.408 e. The fourth-order valence-electron chi connectivity index (χ4n) is 1.28. The highest BCUT2D eigenvalue weighted by atomic mass is 16.6. The number of alkyl carbamates (subject to hydrolysis) is 1. The van der Waals surface area contributed by atoms with Crippen LogP contribution in [0.1, 0.15) is 46.5 Å². The highest BCUT2D eigenvalue weighted by molar-refractivity contribution is 5.79. The Bertz CT molecular complexity index is 325. The molecule has 18 heavy (non-hydrogen) atoms. The number of hydrogen-bond acceptors (Lipinski definition) is 3. The minimum atomic E-state index is -1.07. The number of unbranched alkanes of at least 4 members (excludes halogenated alkanes) is 2. The SMILES string of the molecule is C#CCCCCC(NC(=O)OC(C)(C)C)C(=O)O. The number of terminal acetylenes is 1. The number of carbonyl (C=O) groups is 2. The lowest BCUT2D eigenvalue weighted by atomic mass is 10.1.